The molecule has 0 atom stereocenters. The molecule has 1 aromatic heterocycles. The van der Waals surface area contributed by atoms with Crippen LogP contribution < -0.4 is 15.0 Å². The van der Waals surface area contributed by atoms with Crippen LogP contribution in [0.15, 0.2) is 53.9 Å². The highest BCUT2D eigenvalue weighted by Gasteiger charge is 2.07. The lowest BCUT2D eigenvalue weighted by atomic mass is 10.1. The van der Waals surface area contributed by atoms with Gasteiger partial charge in [0.05, 0.1) is 12.3 Å². The molecule has 0 spiro atoms. The van der Waals surface area contributed by atoms with Gasteiger partial charge in [-0.2, -0.15) is 0 Å². The summed E-state index contributed by atoms with van der Waals surface area (Å²) in [6.07, 6.45) is 0. The summed E-state index contributed by atoms with van der Waals surface area (Å²) < 4.78 is 5.47. The van der Waals surface area contributed by atoms with Gasteiger partial charge in [-0.1, -0.05) is 12.1 Å². The monoisotopic (exact) mass is 367 g/mol. The summed E-state index contributed by atoms with van der Waals surface area (Å²) in [6.45, 7) is 9.05. The minimum atomic E-state index is 0.676. The number of aromatic nitrogens is 1. The Hall–Kier alpha value is -2.53. The molecule has 0 aliphatic heterocycles. The van der Waals surface area contributed by atoms with E-state index < -0.39 is 0 Å². The van der Waals surface area contributed by atoms with E-state index in [0.717, 1.165) is 40.9 Å². The van der Waals surface area contributed by atoms with Gasteiger partial charge in [0.25, 0.3) is 0 Å². The molecule has 1 heterocycles. The number of ether oxygens (including phenoxy) is 1. The van der Waals surface area contributed by atoms with E-state index in [4.69, 9.17) is 9.72 Å². The van der Waals surface area contributed by atoms with Crippen molar-refractivity contribution in [2.24, 2.45) is 0 Å². The van der Waals surface area contributed by atoms with Crippen LogP contribution in [0.5, 0.6) is 5.75 Å². The van der Waals surface area contributed by atoms with Crippen LogP contribution in [0.3, 0.4) is 0 Å². The maximum atomic E-state index is 5.47. The summed E-state index contributed by atoms with van der Waals surface area (Å²) >= 11 is 1.61. The molecule has 0 bridgehead atoms. The molecule has 4 nitrogen and oxygen atoms in total. The van der Waals surface area contributed by atoms with Crippen LogP contribution in [0.25, 0.3) is 11.3 Å². The fourth-order valence-electron chi connectivity index (χ4n) is 2.82. The predicted octanol–water partition coefficient (Wildman–Crippen LogP) is 5.80. The first-order valence-electron chi connectivity index (χ1n) is 9.04. The van der Waals surface area contributed by atoms with Crippen molar-refractivity contribution < 1.29 is 4.74 Å². The van der Waals surface area contributed by atoms with Crippen LogP contribution in [0.1, 0.15) is 20.8 Å². The van der Waals surface area contributed by atoms with E-state index in [0.29, 0.717) is 6.61 Å². The Morgan fingerprint density at radius 1 is 0.962 bits per heavy atom. The van der Waals surface area contributed by atoms with Gasteiger partial charge in [0.15, 0.2) is 5.13 Å². The van der Waals surface area contributed by atoms with Crippen molar-refractivity contribution in [1.82, 2.24) is 4.98 Å². The number of nitrogens with one attached hydrogen (secondary N) is 1. The SMILES string of the molecule is CCOc1ccc(Nc2nc(-c3ccc(N(CC)CC)cc3)cs2)cc1. The van der Waals surface area contributed by atoms with Gasteiger partial charge < -0.3 is 15.0 Å². The van der Waals surface area contributed by atoms with Gasteiger partial charge in [0.2, 0.25) is 0 Å². The van der Waals surface area contributed by atoms with Crippen LogP contribution in [0, 0.1) is 0 Å². The highest BCUT2D eigenvalue weighted by atomic mass is 32.1. The minimum Gasteiger partial charge on any atom is -0.494 e. The molecule has 3 aromatic rings. The fraction of sp³-hybridized carbons (Fsp3) is 0.286. The molecule has 1 N–H and O–H groups in total. The van der Waals surface area contributed by atoms with Crippen molar-refractivity contribution in [2.75, 3.05) is 29.9 Å². The summed E-state index contributed by atoms with van der Waals surface area (Å²) in [5, 5.41) is 6.33. The second-order valence-electron chi connectivity index (χ2n) is 5.84. The predicted molar refractivity (Wildman–Crippen MR) is 112 cm³/mol. The van der Waals surface area contributed by atoms with Crippen LogP contribution >= 0.6 is 11.3 Å². The Morgan fingerprint density at radius 3 is 2.27 bits per heavy atom. The van der Waals surface area contributed by atoms with Gasteiger partial charge in [-0.3, -0.25) is 0 Å². The van der Waals surface area contributed by atoms with E-state index in [1.165, 1.54) is 5.69 Å². The first-order chi connectivity index (χ1) is 12.7. The Kier molecular flexibility index (Phi) is 6.12. The smallest absolute Gasteiger partial charge is 0.187 e. The number of anilines is 3. The molecule has 0 unspecified atom stereocenters. The number of hydrogen-bond donors (Lipinski definition) is 1. The zero-order chi connectivity index (χ0) is 18.4. The zero-order valence-electron chi connectivity index (χ0n) is 15.5. The zero-order valence-corrected chi connectivity index (χ0v) is 16.3. The molecule has 5 heteroatoms. The van der Waals surface area contributed by atoms with Crippen molar-refractivity contribution in [3.8, 4) is 17.0 Å². The normalized spacial score (nSPS) is 10.6. The molecule has 0 fully saturated rings. The van der Waals surface area contributed by atoms with Gasteiger partial charge in [-0.15, -0.1) is 11.3 Å². The molecule has 0 saturated carbocycles. The van der Waals surface area contributed by atoms with Gasteiger partial charge in [0, 0.05) is 35.4 Å². The van der Waals surface area contributed by atoms with E-state index in [2.05, 4.69) is 53.7 Å². The summed E-state index contributed by atoms with van der Waals surface area (Å²) in [7, 11) is 0. The van der Waals surface area contributed by atoms with Gasteiger partial charge >= 0.3 is 0 Å². The van der Waals surface area contributed by atoms with E-state index in [9.17, 15) is 0 Å². The molecule has 0 saturated heterocycles. The molecule has 0 radical (unpaired) electrons. The van der Waals surface area contributed by atoms with E-state index in [1.54, 1.807) is 11.3 Å². The van der Waals surface area contributed by atoms with E-state index in [1.807, 2.05) is 31.2 Å². The molecule has 0 aliphatic carbocycles. The van der Waals surface area contributed by atoms with Crippen molar-refractivity contribution in [2.45, 2.75) is 20.8 Å². The van der Waals surface area contributed by atoms with E-state index >= 15 is 0 Å². The van der Waals surface area contributed by atoms with Gasteiger partial charge in [0.1, 0.15) is 5.75 Å². The molecule has 0 aliphatic rings. The van der Waals surface area contributed by atoms with Crippen LogP contribution in [-0.4, -0.2) is 24.7 Å². The van der Waals surface area contributed by atoms with Crippen LogP contribution in [0.4, 0.5) is 16.5 Å². The average molecular weight is 368 g/mol. The maximum Gasteiger partial charge on any atom is 0.187 e. The fourth-order valence-corrected chi connectivity index (χ4v) is 3.56. The minimum absolute atomic E-state index is 0.676. The lowest BCUT2D eigenvalue weighted by Gasteiger charge is -2.20. The molecule has 0 amide bonds. The molecule has 3 rings (SSSR count). The first kappa shape index (κ1) is 18.3. The van der Waals surface area contributed by atoms with Crippen molar-refractivity contribution >= 4 is 27.8 Å². The maximum absolute atomic E-state index is 5.47. The van der Waals surface area contributed by atoms with Crippen molar-refractivity contribution in [3.63, 3.8) is 0 Å². The van der Waals surface area contributed by atoms with Crippen molar-refractivity contribution in [1.29, 1.82) is 0 Å². The third-order valence-electron chi connectivity index (χ3n) is 4.21. The number of benzene rings is 2. The molecular weight excluding hydrogens is 342 g/mol. The Morgan fingerprint density at radius 2 is 1.65 bits per heavy atom. The highest BCUT2D eigenvalue weighted by molar-refractivity contribution is 7.14. The highest BCUT2D eigenvalue weighted by Crippen LogP contribution is 2.29. The number of nitrogens with zero attached hydrogens (tertiary/aromatic N) is 2. The Labute approximate surface area is 159 Å². The Bertz CT molecular complexity index is 808. The summed E-state index contributed by atoms with van der Waals surface area (Å²) in [6, 6.07) is 16.6. The van der Waals surface area contributed by atoms with Gasteiger partial charge in [-0.25, -0.2) is 4.98 Å². The number of rotatable bonds is 8. The first-order valence-corrected chi connectivity index (χ1v) is 9.92. The number of hydrogen-bond acceptors (Lipinski definition) is 5. The quantitative estimate of drug-likeness (QED) is 0.546. The molecular formula is C21H25N3OS. The van der Waals surface area contributed by atoms with Crippen LogP contribution in [-0.2, 0) is 0 Å². The summed E-state index contributed by atoms with van der Waals surface area (Å²) in [5.74, 6) is 0.881. The lowest BCUT2D eigenvalue weighted by Crippen LogP contribution is -2.21. The second-order valence-corrected chi connectivity index (χ2v) is 6.70. The van der Waals surface area contributed by atoms with Crippen LogP contribution in [0.2, 0.25) is 0 Å². The van der Waals surface area contributed by atoms with Gasteiger partial charge in [-0.05, 0) is 57.2 Å². The van der Waals surface area contributed by atoms with Crippen molar-refractivity contribution in [3.05, 3.63) is 53.9 Å². The Balaban J connectivity index is 1.69. The lowest BCUT2D eigenvalue weighted by molar-refractivity contribution is 0.340. The molecule has 2 aromatic carbocycles. The third-order valence-corrected chi connectivity index (χ3v) is 4.97. The average Bonchev–Trinajstić information content (AvgIpc) is 3.14. The summed E-state index contributed by atoms with van der Waals surface area (Å²) in [5.41, 5.74) is 4.39. The molecule has 136 valence electrons. The summed E-state index contributed by atoms with van der Waals surface area (Å²) in [4.78, 5) is 7.05. The second kappa shape index (κ2) is 8.72. The number of thiazole rings is 1. The third kappa shape index (κ3) is 4.35. The van der Waals surface area contributed by atoms with E-state index in [-0.39, 0.29) is 0 Å². The standard InChI is InChI=1S/C21H25N3OS/c1-4-24(5-2)18-11-7-16(8-12-18)20-15-26-21(23-20)22-17-9-13-19(14-10-17)25-6-3/h7-15H,4-6H2,1-3H3,(H,22,23). The molecule has 26 heavy (non-hydrogen) atoms. The topological polar surface area (TPSA) is 37.4 Å². The largest absolute Gasteiger partial charge is 0.494 e.